The summed E-state index contributed by atoms with van der Waals surface area (Å²) in [7, 11) is 0. The van der Waals surface area contributed by atoms with E-state index in [1.54, 1.807) is 11.0 Å². The molecule has 0 aromatic heterocycles. The van der Waals surface area contributed by atoms with Crippen LogP contribution in [0.1, 0.15) is 69.5 Å². The molecule has 0 radical (unpaired) electrons. The van der Waals surface area contributed by atoms with Crippen molar-refractivity contribution in [2.45, 2.75) is 71.0 Å². The molecule has 1 fully saturated rings. The molecular formula is C32H37N3O4. The van der Waals surface area contributed by atoms with Crippen molar-refractivity contribution in [3.05, 3.63) is 100 Å². The first-order chi connectivity index (χ1) is 18.8. The Morgan fingerprint density at radius 3 is 2.26 bits per heavy atom. The number of nitro benzene ring substituents is 1. The second-order valence-electron chi connectivity index (χ2n) is 10.8. The zero-order valence-corrected chi connectivity index (χ0v) is 22.7. The highest BCUT2D eigenvalue weighted by Crippen LogP contribution is 2.30. The van der Waals surface area contributed by atoms with Gasteiger partial charge in [-0.3, -0.25) is 19.7 Å². The molecule has 3 aromatic carbocycles. The Labute approximate surface area is 230 Å². The number of rotatable bonds is 10. The van der Waals surface area contributed by atoms with Crippen LogP contribution in [0.2, 0.25) is 0 Å². The molecule has 0 aliphatic heterocycles. The van der Waals surface area contributed by atoms with Gasteiger partial charge in [-0.15, -0.1) is 0 Å². The van der Waals surface area contributed by atoms with E-state index < -0.39 is 11.0 Å². The van der Waals surface area contributed by atoms with Gasteiger partial charge in [0.05, 0.1) is 4.92 Å². The number of benzene rings is 3. The number of nitrogens with one attached hydrogen (secondary N) is 1. The van der Waals surface area contributed by atoms with Crippen molar-refractivity contribution >= 4 is 17.5 Å². The van der Waals surface area contributed by atoms with Crippen molar-refractivity contribution < 1.29 is 14.5 Å². The molecular weight excluding hydrogens is 490 g/mol. The standard InChI is InChI=1S/C32H37N3O4/c1-23(2)20-30(36)34(22-24-10-5-3-6-11-24)31(32(37)33-28-13-7-4-8-14-28)26-18-16-25(17-19-26)27-12-9-15-29(21-27)35(38)39/h3,5-6,9-12,15-19,21,23,28,31H,4,7-8,13-14,20,22H2,1-2H3,(H,33,37). The van der Waals surface area contributed by atoms with Crippen LogP contribution in [0.25, 0.3) is 11.1 Å². The van der Waals surface area contributed by atoms with Crippen LogP contribution in [-0.2, 0) is 16.1 Å². The Kier molecular flexibility index (Phi) is 9.47. The van der Waals surface area contributed by atoms with E-state index in [0.29, 0.717) is 18.5 Å². The van der Waals surface area contributed by atoms with Gasteiger partial charge >= 0.3 is 0 Å². The molecule has 1 atom stereocenters. The molecule has 3 aromatic rings. The van der Waals surface area contributed by atoms with Crippen molar-refractivity contribution in [3.63, 3.8) is 0 Å². The summed E-state index contributed by atoms with van der Waals surface area (Å²) in [6.45, 7) is 4.33. The van der Waals surface area contributed by atoms with Crippen LogP contribution in [0.3, 0.4) is 0 Å². The maximum Gasteiger partial charge on any atom is 0.270 e. The van der Waals surface area contributed by atoms with Crippen LogP contribution in [0, 0.1) is 16.0 Å². The molecule has 0 saturated heterocycles. The van der Waals surface area contributed by atoms with Crippen molar-refractivity contribution in [2.75, 3.05) is 0 Å². The predicted molar refractivity (Wildman–Crippen MR) is 153 cm³/mol. The first-order valence-electron chi connectivity index (χ1n) is 13.8. The number of amides is 2. The maximum atomic E-state index is 13.9. The summed E-state index contributed by atoms with van der Waals surface area (Å²) < 4.78 is 0. The minimum atomic E-state index is -0.794. The van der Waals surface area contributed by atoms with Gasteiger partial charge in [0.25, 0.3) is 5.69 Å². The topological polar surface area (TPSA) is 92.6 Å². The quantitative estimate of drug-likeness (QED) is 0.231. The Morgan fingerprint density at radius 1 is 0.923 bits per heavy atom. The van der Waals surface area contributed by atoms with Gasteiger partial charge in [-0.25, -0.2) is 0 Å². The summed E-state index contributed by atoms with van der Waals surface area (Å²) >= 11 is 0. The molecule has 0 bridgehead atoms. The number of hydrogen-bond acceptors (Lipinski definition) is 4. The summed E-state index contributed by atoms with van der Waals surface area (Å²) in [4.78, 5) is 40.1. The SMILES string of the molecule is CC(C)CC(=O)N(Cc1ccccc1)C(C(=O)NC1CCCCC1)c1ccc(-c2cccc([N+](=O)[O-])c2)cc1. The van der Waals surface area contributed by atoms with Gasteiger partial charge in [-0.2, -0.15) is 0 Å². The second kappa shape index (κ2) is 13.2. The van der Waals surface area contributed by atoms with Crippen LogP contribution < -0.4 is 5.32 Å². The first kappa shape index (κ1) is 28.0. The average molecular weight is 528 g/mol. The van der Waals surface area contributed by atoms with E-state index in [1.165, 1.54) is 18.6 Å². The lowest BCUT2D eigenvalue weighted by Gasteiger charge is -2.34. The third-order valence-corrected chi connectivity index (χ3v) is 7.23. The van der Waals surface area contributed by atoms with Gasteiger partial charge in [0, 0.05) is 31.1 Å². The van der Waals surface area contributed by atoms with Gasteiger partial charge in [-0.05, 0) is 41.0 Å². The maximum absolute atomic E-state index is 13.9. The highest BCUT2D eigenvalue weighted by atomic mass is 16.6. The van der Waals surface area contributed by atoms with Gasteiger partial charge in [0.2, 0.25) is 11.8 Å². The monoisotopic (exact) mass is 527 g/mol. The highest BCUT2D eigenvalue weighted by Gasteiger charge is 2.33. The summed E-state index contributed by atoms with van der Waals surface area (Å²) in [5.74, 6) is -0.0903. The molecule has 7 heteroatoms. The molecule has 1 aliphatic carbocycles. The average Bonchev–Trinajstić information content (AvgIpc) is 2.94. The number of nitro groups is 1. The van der Waals surface area contributed by atoms with Crippen LogP contribution >= 0.6 is 0 Å². The predicted octanol–water partition coefficient (Wildman–Crippen LogP) is 6.83. The summed E-state index contributed by atoms with van der Waals surface area (Å²) in [6.07, 6.45) is 5.60. The van der Waals surface area contributed by atoms with Crippen molar-refractivity contribution in [2.24, 2.45) is 5.92 Å². The fourth-order valence-corrected chi connectivity index (χ4v) is 5.23. The lowest BCUT2D eigenvalue weighted by molar-refractivity contribution is -0.384. The van der Waals surface area contributed by atoms with Gasteiger partial charge < -0.3 is 10.2 Å². The van der Waals surface area contributed by atoms with Crippen LogP contribution in [0.5, 0.6) is 0 Å². The number of non-ortho nitro benzene ring substituents is 1. The number of carbonyl (C=O) groups excluding carboxylic acids is 2. The first-order valence-corrected chi connectivity index (χ1v) is 13.8. The molecule has 1 saturated carbocycles. The fraction of sp³-hybridized carbons (Fsp3) is 0.375. The third kappa shape index (κ3) is 7.53. The Hall–Kier alpha value is -4.00. The summed E-state index contributed by atoms with van der Waals surface area (Å²) in [5.41, 5.74) is 3.21. The van der Waals surface area contributed by atoms with Gasteiger partial charge in [0.1, 0.15) is 6.04 Å². The molecule has 7 nitrogen and oxygen atoms in total. The highest BCUT2D eigenvalue weighted by molar-refractivity contribution is 5.89. The van der Waals surface area contributed by atoms with E-state index in [9.17, 15) is 19.7 Å². The molecule has 1 N–H and O–H groups in total. The lowest BCUT2D eigenvalue weighted by Crippen LogP contribution is -2.47. The minimum absolute atomic E-state index is 0.0228. The van der Waals surface area contributed by atoms with E-state index in [-0.39, 0.29) is 29.5 Å². The molecule has 39 heavy (non-hydrogen) atoms. The largest absolute Gasteiger partial charge is 0.351 e. The third-order valence-electron chi connectivity index (χ3n) is 7.23. The molecule has 2 amide bonds. The molecule has 1 aliphatic rings. The number of nitrogens with zero attached hydrogens (tertiary/aromatic N) is 2. The molecule has 4 rings (SSSR count). The Bertz CT molecular complexity index is 1270. The molecule has 0 spiro atoms. The Morgan fingerprint density at radius 2 is 1.62 bits per heavy atom. The van der Waals surface area contributed by atoms with E-state index in [0.717, 1.165) is 42.4 Å². The Balaban J connectivity index is 1.70. The zero-order chi connectivity index (χ0) is 27.8. The van der Waals surface area contributed by atoms with Crippen molar-refractivity contribution in [3.8, 4) is 11.1 Å². The number of hydrogen-bond donors (Lipinski definition) is 1. The van der Waals surface area contributed by atoms with E-state index in [4.69, 9.17) is 0 Å². The van der Waals surface area contributed by atoms with Crippen LogP contribution in [-0.4, -0.2) is 27.7 Å². The summed E-state index contributed by atoms with van der Waals surface area (Å²) in [6, 6.07) is 23.0. The van der Waals surface area contributed by atoms with Gasteiger partial charge in [-0.1, -0.05) is 99.8 Å². The second-order valence-corrected chi connectivity index (χ2v) is 10.8. The fourth-order valence-electron chi connectivity index (χ4n) is 5.23. The summed E-state index contributed by atoms with van der Waals surface area (Å²) in [5, 5.41) is 14.5. The van der Waals surface area contributed by atoms with E-state index in [2.05, 4.69) is 5.32 Å². The van der Waals surface area contributed by atoms with Crippen molar-refractivity contribution in [1.29, 1.82) is 0 Å². The minimum Gasteiger partial charge on any atom is -0.351 e. The molecule has 1 unspecified atom stereocenters. The number of carbonyl (C=O) groups is 2. The van der Waals surface area contributed by atoms with E-state index in [1.807, 2.05) is 74.5 Å². The van der Waals surface area contributed by atoms with Gasteiger partial charge in [0.15, 0.2) is 0 Å². The normalized spacial score (nSPS) is 14.5. The zero-order valence-electron chi connectivity index (χ0n) is 22.7. The van der Waals surface area contributed by atoms with Crippen molar-refractivity contribution in [1.82, 2.24) is 10.2 Å². The van der Waals surface area contributed by atoms with Crippen LogP contribution in [0.15, 0.2) is 78.9 Å². The van der Waals surface area contributed by atoms with E-state index >= 15 is 0 Å². The lowest BCUT2D eigenvalue weighted by atomic mass is 9.94. The smallest absolute Gasteiger partial charge is 0.270 e. The molecule has 204 valence electrons. The van der Waals surface area contributed by atoms with Crippen LogP contribution in [0.4, 0.5) is 5.69 Å². The molecule has 0 heterocycles.